The van der Waals surface area contributed by atoms with Gasteiger partial charge in [-0.25, -0.2) is 0 Å². The third kappa shape index (κ3) is 3.67. The molecule has 0 spiro atoms. The van der Waals surface area contributed by atoms with Crippen LogP contribution in [0.3, 0.4) is 0 Å². The predicted octanol–water partition coefficient (Wildman–Crippen LogP) is 1.09. The largest absolute Gasteiger partial charge is 0.481 e. The third-order valence-corrected chi connectivity index (χ3v) is 1.88. The first-order chi connectivity index (χ1) is 5.20. The number of aliphatic carboxylic acids is 1. The molecule has 0 aliphatic carbocycles. The molecule has 0 aliphatic rings. The van der Waals surface area contributed by atoms with Crippen LogP contribution in [0.2, 0.25) is 0 Å². The number of aromatic nitrogens is 1. The van der Waals surface area contributed by atoms with Crippen molar-refractivity contribution < 1.29 is 9.90 Å². The van der Waals surface area contributed by atoms with Crippen LogP contribution in [0.25, 0.3) is 0 Å². The molecule has 0 saturated carbocycles. The van der Waals surface area contributed by atoms with Gasteiger partial charge < -0.3 is 5.11 Å². The second kappa shape index (κ2) is 5.70. The van der Waals surface area contributed by atoms with Crippen molar-refractivity contribution in [3.8, 4) is 0 Å². The van der Waals surface area contributed by atoms with Crippen molar-refractivity contribution in [2.45, 2.75) is 6.42 Å². The summed E-state index contributed by atoms with van der Waals surface area (Å²) in [7, 11) is 0. The molecule has 1 aromatic rings. The van der Waals surface area contributed by atoms with Gasteiger partial charge in [0, 0.05) is 40.2 Å². The van der Waals surface area contributed by atoms with Gasteiger partial charge in [0.2, 0.25) is 0 Å². The van der Waals surface area contributed by atoms with Gasteiger partial charge in [0.25, 0.3) is 0 Å². The van der Waals surface area contributed by atoms with Crippen LogP contribution in [0, 0.1) is 0 Å². The predicted molar refractivity (Wildman–Crippen MR) is 49.0 cm³/mol. The fourth-order valence-electron chi connectivity index (χ4n) is 0.692. The minimum absolute atomic E-state index is 0. The van der Waals surface area contributed by atoms with E-state index in [9.17, 15) is 4.79 Å². The van der Waals surface area contributed by atoms with Gasteiger partial charge in [-0.05, 0) is 28.1 Å². The van der Waals surface area contributed by atoms with E-state index in [4.69, 9.17) is 5.11 Å². The van der Waals surface area contributed by atoms with E-state index in [1.807, 2.05) is 0 Å². The summed E-state index contributed by atoms with van der Waals surface area (Å²) in [6.45, 7) is 0. The zero-order chi connectivity index (χ0) is 8.27. The third-order valence-electron chi connectivity index (χ3n) is 1.15. The smallest absolute Gasteiger partial charge is 0.309 e. The van der Waals surface area contributed by atoms with E-state index in [1.165, 1.54) is 0 Å². The molecule has 0 saturated heterocycles. The minimum atomic E-state index is -0.871. The van der Waals surface area contributed by atoms with Crippen molar-refractivity contribution in [3.63, 3.8) is 0 Å². The van der Waals surface area contributed by atoms with Crippen LogP contribution in [0.15, 0.2) is 22.8 Å². The first-order valence-electron chi connectivity index (χ1n) is 3.01. The number of carbonyl (C=O) groups is 1. The molecule has 59 valence electrons. The van der Waals surface area contributed by atoms with Crippen molar-refractivity contribution in [1.82, 2.24) is 4.98 Å². The molecule has 12 heavy (non-hydrogen) atoms. The first-order valence-corrected chi connectivity index (χ1v) is 3.80. The summed E-state index contributed by atoms with van der Waals surface area (Å²) in [5.74, 6) is -0.871. The summed E-state index contributed by atoms with van der Waals surface area (Å²) in [5.41, 5.74) is 0.556. The Morgan fingerprint density at radius 3 is 2.83 bits per heavy atom. The summed E-state index contributed by atoms with van der Waals surface area (Å²) >= 11 is 3.20. The molecule has 1 N–H and O–H groups in total. The number of carboxylic acids is 1. The first kappa shape index (κ1) is 12.1. The quantitative estimate of drug-likeness (QED) is 0.786. The van der Waals surface area contributed by atoms with Crippen LogP contribution in [-0.2, 0) is 11.2 Å². The van der Waals surface area contributed by atoms with E-state index in [0.717, 1.165) is 4.47 Å². The SMILES string of the molecule is O=C(O)Cc1ncccc1Br.[Na]. The number of hydrogen-bond acceptors (Lipinski definition) is 2. The number of carboxylic acid groups (broad SMARTS) is 1. The van der Waals surface area contributed by atoms with Crippen LogP contribution in [0.4, 0.5) is 0 Å². The van der Waals surface area contributed by atoms with Gasteiger partial charge in [0.15, 0.2) is 0 Å². The fraction of sp³-hybridized carbons (Fsp3) is 0.143. The molecular formula is C7H6BrNNaO2. The number of pyridine rings is 1. The van der Waals surface area contributed by atoms with Gasteiger partial charge in [-0.15, -0.1) is 0 Å². The fourth-order valence-corrected chi connectivity index (χ4v) is 1.09. The molecule has 0 fully saturated rings. The summed E-state index contributed by atoms with van der Waals surface area (Å²) < 4.78 is 0.738. The molecule has 3 nitrogen and oxygen atoms in total. The summed E-state index contributed by atoms with van der Waals surface area (Å²) in [4.78, 5) is 14.2. The molecule has 0 unspecified atom stereocenters. The second-order valence-electron chi connectivity index (χ2n) is 2.00. The van der Waals surface area contributed by atoms with Gasteiger partial charge in [-0.3, -0.25) is 9.78 Å². The Morgan fingerprint density at radius 1 is 1.67 bits per heavy atom. The Kier molecular flexibility index (Phi) is 5.74. The zero-order valence-electron chi connectivity index (χ0n) is 6.62. The number of halogens is 1. The molecule has 1 radical (unpaired) electrons. The number of nitrogens with zero attached hydrogens (tertiary/aromatic N) is 1. The Morgan fingerprint density at radius 2 is 2.33 bits per heavy atom. The monoisotopic (exact) mass is 238 g/mol. The van der Waals surface area contributed by atoms with Crippen molar-refractivity contribution in [3.05, 3.63) is 28.5 Å². The van der Waals surface area contributed by atoms with Crippen LogP contribution in [-0.4, -0.2) is 45.6 Å². The summed E-state index contributed by atoms with van der Waals surface area (Å²) in [6.07, 6.45) is 1.53. The minimum Gasteiger partial charge on any atom is -0.481 e. The number of rotatable bonds is 2. The molecular weight excluding hydrogens is 233 g/mol. The summed E-state index contributed by atoms with van der Waals surface area (Å²) in [6, 6.07) is 3.51. The molecule has 0 aromatic carbocycles. The van der Waals surface area contributed by atoms with Crippen LogP contribution in [0.5, 0.6) is 0 Å². The maximum atomic E-state index is 10.3. The molecule has 0 bridgehead atoms. The van der Waals surface area contributed by atoms with Crippen LogP contribution in [0.1, 0.15) is 5.69 Å². The van der Waals surface area contributed by atoms with E-state index in [-0.39, 0.29) is 36.0 Å². The average Bonchev–Trinajstić information content (AvgIpc) is 1.93. The molecule has 5 heteroatoms. The Balaban J connectivity index is 0.00000121. The van der Waals surface area contributed by atoms with Gasteiger partial charge >= 0.3 is 5.97 Å². The van der Waals surface area contributed by atoms with Crippen molar-refractivity contribution in [2.75, 3.05) is 0 Å². The number of hydrogen-bond donors (Lipinski definition) is 1. The standard InChI is InChI=1S/C7H6BrNO2.Na/c8-5-2-1-3-9-6(5)4-7(10)11;/h1-3H,4H2,(H,10,11);. The maximum Gasteiger partial charge on any atom is 0.309 e. The van der Waals surface area contributed by atoms with Crippen LogP contribution >= 0.6 is 15.9 Å². The van der Waals surface area contributed by atoms with Crippen molar-refractivity contribution in [1.29, 1.82) is 0 Å². The Bertz CT molecular complexity index is 280. The normalized spacial score (nSPS) is 8.75. The molecule has 0 aliphatic heterocycles. The van der Waals surface area contributed by atoms with Crippen molar-refractivity contribution in [2.24, 2.45) is 0 Å². The maximum absolute atomic E-state index is 10.3. The van der Waals surface area contributed by atoms with E-state index in [1.54, 1.807) is 18.3 Å². The van der Waals surface area contributed by atoms with E-state index in [2.05, 4.69) is 20.9 Å². The zero-order valence-corrected chi connectivity index (χ0v) is 10.2. The molecule has 1 rings (SSSR count). The van der Waals surface area contributed by atoms with Gasteiger partial charge in [0.1, 0.15) is 0 Å². The van der Waals surface area contributed by atoms with E-state index < -0.39 is 5.97 Å². The van der Waals surface area contributed by atoms with Gasteiger partial charge in [0.05, 0.1) is 12.1 Å². The van der Waals surface area contributed by atoms with Gasteiger partial charge in [-0.1, -0.05) is 0 Å². The molecule has 0 amide bonds. The van der Waals surface area contributed by atoms with E-state index >= 15 is 0 Å². The van der Waals surface area contributed by atoms with Crippen LogP contribution < -0.4 is 0 Å². The topological polar surface area (TPSA) is 50.2 Å². The van der Waals surface area contributed by atoms with Crippen molar-refractivity contribution >= 4 is 51.5 Å². The molecule has 0 atom stereocenters. The Hall–Kier alpha value is 0.100. The molecule has 1 aromatic heterocycles. The second-order valence-corrected chi connectivity index (χ2v) is 2.86. The summed E-state index contributed by atoms with van der Waals surface area (Å²) in [5, 5.41) is 8.43. The molecule has 1 heterocycles. The van der Waals surface area contributed by atoms with Gasteiger partial charge in [-0.2, -0.15) is 0 Å². The average molecular weight is 239 g/mol. The Labute approximate surface area is 101 Å². The van der Waals surface area contributed by atoms with E-state index in [0.29, 0.717) is 5.69 Å².